The van der Waals surface area contributed by atoms with Crippen molar-refractivity contribution in [1.82, 2.24) is 0 Å². The van der Waals surface area contributed by atoms with Crippen molar-refractivity contribution in [1.29, 1.82) is 0 Å². The molecule has 2 aromatic rings. The van der Waals surface area contributed by atoms with Gasteiger partial charge in [0.25, 0.3) is 0 Å². The van der Waals surface area contributed by atoms with Gasteiger partial charge in [0.05, 0.1) is 17.7 Å². The van der Waals surface area contributed by atoms with Gasteiger partial charge < -0.3 is 9.15 Å². The van der Waals surface area contributed by atoms with Crippen LogP contribution in [0.25, 0.3) is 0 Å². The van der Waals surface area contributed by atoms with E-state index in [0.717, 1.165) is 11.3 Å². The van der Waals surface area contributed by atoms with E-state index in [9.17, 15) is 4.79 Å². The maximum atomic E-state index is 12.7. The number of hydrogen-bond donors (Lipinski definition) is 0. The van der Waals surface area contributed by atoms with Crippen LogP contribution in [0.1, 0.15) is 39.9 Å². The maximum absolute atomic E-state index is 12.7. The van der Waals surface area contributed by atoms with Crippen molar-refractivity contribution < 1.29 is 13.9 Å². The van der Waals surface area contributed by atoms with Crippen LogP contribution in [-0.2, 0) is 0 Å². The number of carbonyl (C=O) groups is 1. The molecule has 100 valence electrons. The lowest BCUT2D eigenvalue weighted by Gasteiger charge is -2.09. The van der Waals surface area contributed by atoms with E-state index >= 15 is 0 Å². The Morgan fingerprint density at radius 3 is 2.42 bits per heavy atom. The Bertz CT molecular complexity index is 608. The van der Waals surface area contributed by atoms with Crippen LogP contribution in [0.5, 0.6) is 5.75 Å². The average Bonchev–Trinajstić information content (AvgIpc) is 2.64. The Morgan fingerprint density at radius 2 is 1.84 bits per heavy atom. The van der Waals surface area contributed by atoms with E-state index in [4.69, 9.17) is 9.15 Å². The van der Waals surface area contributed by atoms with Gasteiger partial charge in [-0.1, -0.05) is 12.1 Å². The molecule has 1 heterocycles. The van der Waals surface area contributed by atoms with Crippen molar-refractivity contribution in [3.05, 3.63) is 52.5 Å². The molecule has 0 aliphatic heterocycles. The molecular formula is C16H18O3. The van der Waals surface area contributed by atoms with Crippen molar-refractivity contribution >= 4 is 5.78 Å². The lowest BCUT2D eigenvalue weighted by molar-refractivity contribution is 0.103. The molecule has 3 nitrogen and oxygen atoms in total. The van der Waals surface area contributed by atoms with E-state index in [-0.39, 0.29) is 5.78 Å². The number of hydrogen-bond acceptors (Lipinski definition) is 3. The summed E-state index contributed by atoms with van der Waals surface area (Å²) in [5.74, 6) is 2.02. The molecule has 0 atom stereocenters. The summed E-state index contributed by atoms with van der Waals surface area (Å²) >= 11 is 0. The summed E-state index contributed by atoms with van der Waals surface area (Å²) in [7, 11) is 0. The Hall–Kier alpha value is -2.03. The molecule has 0 aliphatic carbocycles. The van der Waals surface area contributed by atoms with E-state index in [2.05, 4.69) is 0 Å². The predicted molar refractivity (Wildman–Crippen MR) is 74.0 cm³/mol. The zero-order valence-corrected chi connectivity index (χ0v) is 11.7. The topological polar surface area (TPSA) is 39.4 Å². The van der Waals surface area contributed by atoms with Crippen molar-refractivity contribution in [2.45, 2.75) is 27.7 Å². The van der Waals surface area contributed by atoms with Crippen LogP contribution in [-0.4, -0.2) is 12.4 Å². The number of carbonyl (C=O) groups excluding carboxylic acids is 1. The second-order valence-corrected chi connectivity index (χ2v) is 4.47. The van der Waals surface area contributed by atoms with Crippen LogP contribution in [0.2, 0.25) is 0 Å². The number of aryl methyl sites for hydroxylation is 2. The summed E-state index contributed by atoms with van der Waals surface area (Å²) < 4.78 is 11.0. The Labute approximate surface area is 113 Å². The fourth-order valence-electron chi connectivity index (χ4n) is 2.20. The predicted octanol–water partition coefficient (Wildman–Crippen LogP) is 3.83. The molecule has 0 amide bonds. The molecule has 0 saturated heterocycles. The summed E-state index contributed by atoms with van der Waals surface area (Å²) in [4.78, 5) is 12.7. The first-order valence-electron chi connectivity index (χ1n) is 6.39. The average molecular weight is 258 g/mol. The Kier molecular flexibility index (Phi) is 3.74. The van der Waals surface area contributed by atoms with Gasteiger partial charge in [0.15, 0.2) is 0 Å². The Morgan fingerprint density at radius 1 is 1.16 bits per heavy atom. The summed E-state index contributed by atoms with van der Waals surface area (Å²) in [6.07, 6.45) is 0. The van der Waals surface area contributed by atoms with Crippen LogP contribution < -0.4 is 4.74 Å². The monoisotopic (exact) mass is 258 g/mol. The van der Waals surface area contributed by atoms with Gasteiger partial charge in [0.1, 0.15) is 17.3 Å². The normalized spacial score (nSPS) is 10.5. The van der Waals surface area contributed by atoms with Crippen molar-refractivity contribution in [2.24, 2.45) is 0 Å². The first-order valence-corrected chi connectivity index (χ1v) is 6.39. The minimum atomic E-state index is -0.0455. The van der Waals surface area contributed by atoms with E-state index in [1.807, 2.05) is 45.9 Å². The largest absolute Gasteiger partial charge is 0.493 e. The molecule has 19 heavy (non-hydrogen) atoms. The van der Waals surface area contributed by atoms with Crippen molar-refractivity contribution in [3.8, 4) is 5.75 Å². The molecule has 1 aromatic carbocycles. The van der Waals surface area contributed by atoms with Crippen LogP contribution in [0, 0.1) is 20.8 Å². The zero-order valence-electron chi connectivity index (χ0n) is 11.7. The molecule has 0 unspecified atom stereocenters. The smallest absolute Gasteiger partial charge is 0.200 e. The number of benzene rings is 1. The third-order valence-corrected chi connectivity index (χ3v) is 3.22. The van der Waals surface area contributed by atoms with Gasteiger partial charge >= 0.3 is 0 Å². The molecular weight excluding hydrogens is 240 g/mol. The van der Waals surface area contributed by atoms with Gasteiger partial charge in [-0.15, -0.1) is 0 Å². The highest BCUT2D eigenvalue weighted by molar-refractivity contribution is 6.12. The molecule has 3 heteroatoms. The fraction of sp³-hybridized carbons (Fsp3) is 0.312. The molecule has 0 spiro atoms. The van der Waals surface area contributed by atoms with Gasteiger partial charge in [0.2, 0.25) is 5.78 Å². The summed E-state index contributed by atoms with van der Waals surface area (Å²) in [5, 5.41) is 0. The lowest BCUT2D eigenvalue weighted by Crippen LogP contribution is -2.07. The van der Waals surface area contributed by atoms with Crippen LogP contribution in [0.15, 0.2) is 28.7 Å². The van der Waals surface area contributed by atoms with Gasteiger partial charge in [0, 0.05) is 5.56 Å². The summed E-state index contributed by atoms with van der Waals surface area (Å²) in [6, 6.07) is 7.30. The summed E-state index contributed by atoms with van der Waals surface area (Å²) in [5.41, 5.74) is 2.12. The molecule has 0 aliphatic rings. The lowest BCUT2D eigenvalue weighted by atomic mass is 9.99. The van der Waals surface area contributed by atoms with Crippen LogP contribution in [0.3, 0.4) is 0 Å². The quantitative estimate of drug-likeness (QED) is 0.782. The number of ether oxygens (including phenoxy) is 1. The van der Waals surface area contributed by atoms with Crippen LogP contribution in [0.4, 0.5) is 0 Å². The number of rotatable bonds is 4. The van der Waals surface area contributed by atoms with E-state index < -0.39 is 0 Å². The molecule has 2 rings (SSSR count). The maximum Gasteiger partial charge on any atom is 0.200 e. The standard InChI is InChI=1S/C16H18O3/c1-5-18-14-9-7-6-8-13(14)16(17)15-10(2)11(3)19-12(15)4/h6-9H,5H2,1-4H3. The fourth-order valence-corrected chi connectivity index (χ4v) is 2.20. The number of para-hydroxylation sites is 1. The molecule has 0 fully saturated rings. The van der Waals surface area contributed by atoms with Crippen molar-refractivity contribution in [3.63, 3.8) is 0 Å². The van der Waals surface area contributed by atoms with E-state index in [1.165, 1.54) is 0 Å². The third-order valence-electron chi connectivity index (χ3n) is 3.22. The van der Waals surface area contributed by atoms with E-state index in [0.29, 0.717) is 29.2 Å². The zero-order chi connectivity index (χ0) is 14.0. The highest BCUT2D eigenvalue weighted by Gasteiger charge is 2.22. The SMILES string of the molecule is CCOc1ccccc1C(=O)c1c(C)oc(C)c1C. The molecule has 0 bridgehead atoms. The van der Waals surface area contributed by atoms with Gasteiger partial charge in [-0.25, -0.2) is 0 Å². The first-order chi connectivity index (χ1) is 9.06. The van der Waals surface area contributed by atoms with Crippen LogP contribution >= 0.6 is 0 Å². The van der Waals surface area contributed by atoms with Gasteiger partial charge in [-0.2, -0.15) is 0 Å². The van der Waals surface area contributed by atoms with Crippen molar-refractivity contribution in [2.75, 3.05) is 6.61 Å². The van der Waals surface area contributed by atoms with E-state index in [1.54, 1.807) is 6.07 Å². The molecule has 0 N–H and O–H groups in total. The first kappa shape index (κ1) is 13.4. The highest BCUT2D eigenvalue weighted by atomic mass is 16.5. The molecule has 0 saturated carbocycles. The molecule has 0 radical (unpaired) electrons. The number of furan rings is 1. The number of ketones is 1. The summed E-state index contributed by atoms with van der Waals surface area (Å²) in [6.45, 7) is 8.03. The molecule has 1 aromatic heterocycles. The highest BCUT2D eigenvalue weighted by Crippen LogP contribution is 2.27. The Balaban J connectivity index is 2.50. The second kappa shape index (κ2) is 5.31. The van der Waals surface area contributed by atoms with Gasteiger partial charge in [-0.05, 0) is 39.8 Å². The third kappa shape index (κ3) is 2.41. The second-order valence-electron chi connectivity index (χ2n) is 4.47. The van der Waals surface area contributed by atoms with Gasteiger partial charge in [-0.3, -0.25) is 4.79 Å². The minimum absolute atomic E-state index is 0.0455. The minimum Gasteiger partial charge on any atom is -0.493 e.